The Balaban J connectivity index is 2.62. The number of nitrogens with zero attached hydrogens (tertiary/aromatic N) is 4. The van der Waals surface area contributed by atoms with Crippen molar-refractivity contribution in [2.75, 3.05) is 10.8 Å². The van der Waals surface area contributed by atoms with E-state index in [0.29, 0.717) is 0 Å². The number of azide groups is 1. The summed E-state index contributed by atoms with van der Waals surface area (Å²) in [5.41, 5.74) is 9.02. The highest BCUT2D eigenvalue weighted by Crippen LogP contribution is 2.31. The lowest BCUT2D eigenvalue weighted by molar-refractivity contribution is 0.593. The maximum atomic E-state index is 12.9. The molecule has 0 aliphatic carbocycles. The largest absolute Gasteiger partial charge is 0.266 e. The number of terminal acetylenes is 1. The van der Waals surface area contributed by atoms with Crippen molar-refractivity contribution < 1.29 is 8.42 Å². The lowest BCUT2D eigenvalue weighted by atomic mass is 10.3. The van der Waals surface area contributed by atoms with Crippen molar-refractivity contribution in [3.05, 3.63) is 63.0 Å². The van der Waals surface area contributed by atoms with Gasteiger partial charge < -0.3 is 0 Å². The van der Waals surface area contributed by atoms with Gasteiger partial charge in [0.05, 0.1) is 17.3 Å². The summed E-state index contributed by atoms with van der Waals surface area (Å²) in [5.74, 6) is 2.29. The maximum absolute atomic E-state index is 12.9. The molecule has 0 amide bonds. The smallest absolute Gasteiger partial charge is 0.254 e. The summed E-state index contributed by atoms with van der Waals surface area (Å²) in [5, 5.41) is 3.70. The van der Waals surface area contributed by atoms with Gasteiger partial charge in [0.25, 0.3) is 10.0 Å². The first kappa shape index (κ1) is 18.0. The van der Waals surface area contributed by atoms with Gasteiger partial charge in [0.1, 0.15) is 4.90 Å². The van der Waals surface area contributed by atoms with E-state index in [4.69, 9.17) is 35.2 Å². The Morgan fingerprint density at radius 1 is 1.25 bits per heavy atom. The van der Waals surface area contributed by atoms with Gasteiger partial charge in [-0.25, -0.2) is 8.42 Å². The summed E-state index contributed by atoms with van der Waals surface area (Å²) in [6.45, 7) is -0.231. The third-order valence-corrected chi connectivity index (χ3v) is 5.46. The average molecular weight is 381 g/mol. The topological polar surface area (TPSA) is 86.1 Å². The zero-order valence-corrected chi connectivity index (χ0v) is 14.4. The number of rotatable bonds is 5. The molecule has 0 atom stereocenters. The van der Waals surface area contributed by atoms with Gasteiger partial charge in [-0.2, -0.15) is 0 Å². The maximum Gasteiger partial charge on any atom is 0.266 e. The molecule has 2 aromatic carbocycles. The van der Waals surface area contributed by atoms with Crippen LogP contribution in [-0.4, -0.2) is 15.0 Å². The van der Waals surface area contributed by atoms with Gasteiger partial charge >= 0.3 is 0 Å². The second-order valence-electron chi connectivity index (χ2n) is 4.50. The fourth-order valence-corrected chi connectivity index (χ4v) is 4.06. The van der Waals surface area contributed by atoms with E-state index in [9.17, 15) is 8.42 Å². The number of halogens is 2. The standard InChI is InChI=1S/C15H10Cl2N4O2S/c1-2-8-21(13-5-3-4-12(10-13)19-20-18)24(22,23)15-9-11(16)6-7-14(15)17/h1,3-7,9-10H,8H2. The van der Waals surface area contributed by atoms with Crippen molar-refractivity contribution in [1.82, 2.24) is 0 Å². The molecule has 0 heterocycles. The van der Waals surface area contributed by atoms with Crippen LogP contribution in [0.3, 0.4) is 0 Å². The van der Waals surface area contributed by atoms with E-state index in [1.54, 1.807) is 6.07 Å². The zero-order valence-electron chi connectivity index (χ0n) is 12.1. The highest BCUT2D eigenvalue weighted by atomic mass is 35.5. The average Bonchev–Trinajstić information content (AvgIpc) is 2.55. The molecule has 24 heavy (non-hydrogen) atoms. The first-order chi connectivity index (χ1) is 11.4. The Kier molecular flexibility index (Phi) is 5.60. The van der Waals surface area contributed by atoms with Crippen molar-refractivity contribution in [3.63, 3.8) is 0 Å². The fourth-order valence-electron chi connectivity index (χ4n) is 1.95. The van der Waals surface area contributed by atoms with Crippen LogP contribution in [0.4, 0.5) is 11.4 Å². The molecule has 0 spiro atoms. The van der Waals surface area contributed by atoms with Crippen molar-refractivity contribution >= 4 is 44.6 Å². The van der Waals surface area contributed by atoms with Gasteiger partial charge in [0, 0.05) is 15.6 Å². The molecule has 0 aliphatic rings. The highest BCUT2D eigenvalue weighted by molar-refractivity contribution is 7.93. The molecule has 0 aromatic heterocycles. The second-order valence-corrected chi connectivity index (χ2v) is 7.17. The van der Waals surface area contributed by atoms with Gasteiger partial charge in [0.15, 0.2) is 0 Å². The molecular formula is C15H10Cl2N4O2S. The van der Waals surface area contributed by atoms with Gasteiger partial charge in [-0.1, -0.05) is 46.4 Å². The summed E-state index contributed by atoms with van der Waals surface area (Å²) < 4.78 is 26.9. The predicted octanol–water partition coefficient (Wildman–Crippen LogP) is 4.76. The normalized spacial score (nSPS) is 10.5. The Morgan fingerprint density at radius 2 is 2.00 bits per heavy atom. The number of sulfonamides is 1. The summed E-state index contributed by atoms with van der Waals surface area (Å²) in [6, 6.07) is 10.2. The van der Waals surface area contributed by atoms with Crippen LogP contribution in [0.2, 0.25) is 10.0 Å². The SMILES string of the molecule is C#CCN(c1cccc(N=[N+]=[N-])c1)S(=O)(=O)c1cc(Cl)ccc1Cl. The minimum atomic E-state index is -4.06. The van der Waals surface area contributed by atoms with Gasteiger partial charge in [-0.15, -0.1) is 6.42 Å². The first-order valence-corrected chi connectivity index (χ1v) is 8.66. The van der Waals surface area contributed by atoms with E-state index in [-0.39, 0.29) is 32.9 Å². The summed E-state index contributed by atoms with van der Waals surface area (Å²) >= 11 is 11.9. The van der Waals surface area contributed by atoms with E-state index >= 15 is 0 Å². The molecule has 0 saturated carbocycles. The van der Waals surface area contributed by atoms with Crippen molar-refractivity contribution in [2.24, 2.45) is 5.11 Å². The fraction of sp³-hybridized carbons (Fsp3) is 0.0667. The minimum absolute atomic E-state index is 0.0209. The molecule has 0 aliphatic heterocycles. The van der Waals surface area contributed by atoms with Crippen molar-refractivity contribution in [3.8, 4) is 12.3 Å². The molecule has 122 valence electrons. The quantitative estimate of drug-likeness (QED) is 0.324. The van der Waals surface area contributed by atoms with Crippen LogP contribution >= 0.6 is 23.2 Å². The summed E-state index contributed by atoms with van der Waals surface area (Å²) in [7, 11) is -4.06. The van der Waals surface area contributed by atoms with E-state index < -0.39 is 10.0 Å². The predicted molar refractivity (Wildman–Crippen MR) is 95.1 cm³/mol. The van der Waals surface area contributed by atoms with Crippen LogP contribution in [-0.2, 0) is 10.0 Å². The first-order valence-electron chi connectivity index (χ1n) is 6.46. The third kappa shape index (κ3) is 3.75. The second kappa shape index (κ2) is 7.47. The molecule has 2 aromatic rings. The van der Waals surface area contributed by atoms with Gasteiger partial charge in [-0.3, -0.25) is 4.31 Å². The van der Waals surface area contributed by atoms with Crippen molar-refractivity contribution in [2.45, 2.75) is 4.90 Å². The molecule has 6 nitrogen and oxygen atoms in total. The molecule has 0 radical (unpaired) electrons. The number of benzene rings is 2. The Morgan fingerprint density at radius 3 is 2.67 bits per heavy atom. The summed E-state index contributed by atoms with van der Waals surface area (Å²) in [4.78, 5) is 2.51. The lowest BCUT2D eigenvalue weighted by Gasteiger charge is -2.23. The zero-order chi connectivity index (χ0) is 17.7. The van der Waals surface area contributed by atoms with Crippen LogP contribution in [0.5, 0.6) is 0 Å². The van der Waals surface area contributed by atoms with Crippen LogP contribution in [0, 0.1) is 12.3 Å². The minimum Gasteiger partial charge on any atom is -0.254 e. The van der Waals surface area contributed by atoms with E-state index in [1.807, 2.05) is 0 Å². The van der Waals surface area contributed by atoms with E-state index in [1.165, 1.54) is 36.4 Å². The molecule has 0 bridgehead atoms. The van der Waals surface area contributed by atoms with Gasteiger partial charge in [-0.05, 0) is 35.9 Å². The van der Waals surface area contributed by atoms with Crippen LogP contribution in [0.1, 0.15) is 0 Å². The molecule has 2 rings (SSSR count). The van der Waals surface area contributed by atoms with Gasteiger partial charge in [0.2, 0.25) is 0 Å². The lowest BCUT2D eigenvalue weighted by Crippen LogP contribution is -2.31. The Hall–Kier alpha value is -2.36. The Labute approximate surface area is 149 Å². The number of hydrogen-bond donors (Lipinski definition) is 0. The summed E-state index contributed by atoms with van der Waals surface area (Å²) in [6.07, 6.45) is 5.31. The Bertz CT molecular complexity index is 964. The number of hydrogen-bond acceptors (Lipinski definition) is 3. The molecular weight excluding hydrogens is 371 g/mol. The van der Waals surface area contributed by atoms with Crippen LogP contribution in [0.25, 0.3) is 10.4 Å². The number of anilines is 1. The van der Waals surface area contributed by atoms with Crippen molar-refractivity contribution in [1.29, 1.82) is 0 Å². The molecule has 0 saturated heterocycles. The van der Waals surface area contributed by atoms with Crippen LogP contribution < -0.4 is 4.31 Å². The van der Waals surface area contributed by atoms with E-state index in [2.05, 4.69) is 15.9 Å². The molecule has 0 unspecified atom stereocenters. The van der Waals surface area contributed by atoms with E-state index in [0.717, 1.165) is 4.31 Å². The molecule has 9 heteroatoms. The third-order valence-electron chi connectivity index (χ3n) is 2.97. The molecule has 0 N–H and O–H groups in total. The monoisotopic (exact) mass is 380 g/mol. The highest BCUT2D eigenvalue weighted by Gasteiger charge is 2.27. The molecule has 0 fully saturated rings. The van der Waals surface area contributed by atoms with Crippen LogP contribution in [0.15, 0.2) is 52.5 Å².